The molecule has 2 aliphatic carbocycles. The Kier molecular flexibility index (Phi) is 4.70. The predicted octanol–water partition coefficient (Wildman–Crippen LogP) is 5.09. The van der Waals surface area contributed by atoms with Crippen LogP contribution in [0, 0.1) is 17.8 Å². The van der Waals surface area contributed by atoms with Crippen molar-refractivity contribution in [3.8, 4) is 16.9 Å². The lowest BCUT2D eigenvalue weighted by Crippen LogP contribution is -2.40. The Bertz CT molecular complexity index is 995. The maximum absolute atomic E-state index is 13.3. The van der Waals surface area contributed by atoms with Gasteiger partial charge in [-0.2, -0.15) is 5.10 Å². The zero-order chi connectivity index (χ0) is 19.8. The number of rotatable bonds is 5. The minimum absolute atomic E-state index is 0.0266. The Hall–Kier alpha value is -2.88. The van der Waals surface area contributed by atoms with Gasteiger partial charge in [-0.1, -0.05) is 55.0 Å². The molecule has 1 heterocycles. The normalized spacial score (nSPS) is 23.8. The summed E-state index contributed by atoms with van der Waals surface area (Å²) in [5, 5.41) is 8.08. The number of amides is 1. The first kappa shape index (κ1) is 18.2. The summed E-state index contributed by atoms with van der Waals surface area (Å²) >= 11 is 0. The highest BCUT2D eigenvalue weighted by molar-refractivity contribution is 6.00. The molecule has 2 fully saturated rings. The molecule has 3 aromatic rings. The molecule has 1 N–H and O–H groups in total. The molecule has 4 nitrogen and oxygen atoms in total. The standard InChI is InChI=1S/C25H27N3O/c1-17(22-15-18-12-13-20(22)14-18)26-25(29)23-16-28(21-10-6-3-7-11-21)27-24(23)19-8-4-2-5-9-19/h2-11,16-18,20,22H,12-15H2,1H3,(H,26,29)/t17-,18-,20-,22+/m0/s1. The van der Waals surface area contributed by atoms with E-state index in [2.05, 4.69) is 12.2 Å². The molecule has 1 aromatic heterocycles. The zero-order valence-electron chi connectivity index (χ0n) is 16.8. The van der Waals surface area contributed by atoms with E-state index in [1.165, 1.54) is 25.7 Å². The van der Waals surface area contributed by atoms with Crippen LogP contribution in [-0.4, -0.2) is 21.7 Å². The van der Waals surface area contributed by atoms with Crippen LogP contribution in [0.25, 0.3) is 16.9 Å². The van der Waals surface area contributed by atoms with Crippen molar-refractivity contribution in [2.24, 2.45) is 17.8 Å². The largest absolute Gasteiger partial charge is 0.349 e. The summed E-state index contributed by atoms with van der Waals surface area (Å²) in [5.41, 5.74) is 3.27. The van der Waals surface area contributed by atoms with E-state index in [0.29, 0.717) is 11.5 Å². The maximum Gasteiger partial charge on any atom is 0.255 e. The summed E-state index contributed by atoms with van der Waals surface area (Å²) in [6, 6.07) is 20.1. The van der Waals surface area contributed by atoms with Crippen LogP contribution in [-0.2, 0) is 0 Å². The van der Waals surface area contributed by atoms with Crippen molar-refractivity contribution in [2.75, 3.05) is 0 Å². The van der Waals surface area contributed by atoms with Crippen molar-refractivity contribution in [1.82, 2.24) is 15.1 Å². The molecule has 0 saturated heterocycles. The molecule has 0 aliphatic heterocycles. The van der Waals surface area contributed by atoms with Gasteiger partial charge in [0.15, 0.2) is 0 Å². The van der Waals surface area contributed by atoms with E-state index in [1.807, 2.05) is 66.9 Å². The van der Waals surface area contributed by atoms with Crippen LogP contribution in [0.4, 0.5) is 0 Å². The molecular weight excluding hydrogens is 358 g/mol. The van der Waals surface area contributed by atoms with Crippen molar-refractivity contribution in [1.29, 1.82) is 0 Å². The first-order valence-electron chi connectivity index (χ1n) is 10.7. The number of carbonyl (C=O) groups excluding carboxylic acids is 1. The van der Waals surface area contributed by atoms with Gasteiger partial charge < -0.3 is 5.32 Å². The van der Waals surface area contributed by atoms with Crippen LogP contribution in [0.15, 0.2) is 66.9 Å². The van der Waals surface area contributed by atoms with Gasteiger partial charge in [-0.3, -0.25) is 4.79 Å². The third kappa shape index (κ3) is 3.48. The van der Waals surface area contributed by atoms with Gasteiger partial charge in [0, 0.05) is 17.8 Å². The van der Waals surface area contributed by atoms with Gasteiger partial charge in [0.2, 0.25) is 0 Å². The molecule has 5 rings (SSSR count). The molecule has 2 aliphatic rings. The second-order valence-electron chi connectivity index (χ2n) is 8.64. The highest BCUT2D eigenvalue weighted by atomic mass is 16.1. The Labute approximate surface area is 172 Å². The number of nitrogens with zero attached hydrogens (tertiary/aromatic N) is 2. The van der Waals surface area contributed by atoms with Gasteiger partial charge in [-0.15, -0.1) is 0 Å². The molecule has 2 saturated carbocycles. The molecule has 2 aromatic carbocycles. The van der Waals surface area contributed by atoms with Gasteiger partial charge in [0.25, 0.3) is 5.91 Å². The number of carbonyl (C=O) groups is 1. The van der Waals surface area contributed by atoms with Crippen molar-refractivity contribution in [2.45, 2.75) is 38.6 Å². The van der Waals surface area contributed by atoms with E-state index in [0.717, 1.165) is 28.8 Å². The second-order valence-corrected chi connectivity index (χ2v) is 8.64. The molecule has 29 heavy (non-hydrogen) atoms. The lowest BCUT2D eigenvalue weighted by molar-refractivity contribution is 0.0916. The van der Waals surface area contributed by atoms with E-state index in [4.69, 9.17) is 5.10 Å². The first-order valence-corrected chi connectivity index (χ1v) is 10.7. The summed E-state index contributed by atoms with van der Waals surface area (Å²) in [5.74, 6) is 2.25. The number of aromatic nitrogens is 2. The molecule has 1 amide bonds. The quantitative estimate of drug-likeness (QED) is 0.665. The second kappa shape index (κ2) is 7.51. The number of para-hydroxylation sites is 1. The molecule has 4 atom stereocenters. The van der Waals surface area contributed by atoms with E-state index < -0.39 is 0 Å². The number of fused-ring (bicyclic) bond motifs is 2. The number of hydrogen-bond acceptors (Lipinski definition) is 2. The number of benzene rings is 2. The van der Waals surface area contributed by atoms with Crippen LogP contribution in [0.3, 0.4) is 0 Å². The third-order valence-corrected chi connectivity index (χ3v) is 6.82. The van der Waals surface area contributed by atoms with Gasteiger partial charge in [0.1, 0.15) is 5.69 Å². The topological polar surface area (TPSA) is 46.9 Å². The Morgan fingerprint density at radius 3 is 2.41 bits per heavy atom. The van der Waals surface area contributed by atoms with E-state index in [9.17, 15) is 4.79 Å². The fraction of sp³-hybridized carbons (Fsp3) is 0.360. The summed E-state index contributed by atoms with van der Waals surface area (Å²) < 4.78 is 1.81. The van der Waals surface area contributed by atoms with Crippen molar-refractivity contribution in [3.05, 3.63) is 72.4 Å². The Balaban J connectivity index is 1.44. The van der Waals surface area contributed by atoms with E-state index in [-0.39, 0.29) is 11.9 Å². The monoisotopic (exact) mass is 385 g/mol. The summed E-state index contributed by atoms with van der Waals surface area (Å²) in [7, 11) is 0. The van der Waals surface area contributed by atoms with Crippen molar-refractivity contribution < 1.29 is 4.79 Å². The van der Waals surface area contributed by atoms with Crippen LogP contribution in [0.1, 0.15) is 43.0 Å². The fourth-order valence-electron chi connectivity index (χ4n) is 5.36. The average molecular weight is 386 g/mol. The zero-order valence-corrected chi connectivity index (χ0v) is 16.8. The minimum Gasteiger partial charge on any atom is -0.349 e. The van der Waals surface area contributed by atoms with Crippen LogP contribution in [0.2, 0.25) is 0 Å². The molecule has 0 unspecified atom stereocenters. The molecular formula is C25H27N3O. The first-order chi connectivity index (χ1) is 14.2. The van der Waals surface area contributed by atoms with E-state index in [1.54, 1.807) is 4.68 Å². The van der Waals surface area contributed by atoms with Gasteiger partial charge in [-0.25, -0.2) is 4.68 Å². The highest BCUT2D eigenvalue weighted by Crippen LogP contribution is 2.49. The molecule has 148 valence electrons. The van der Waals surface area contributed by atoms with Crippen LogP contribution >= 0.6 is 0 Å². The fourth-order valence-corrected chi connectivity index (χ4v) is 5.36. The smallest absolute Gasteiger partial charge is 0.255 e. The number of hydrogen-bond donors (Lipinski definition) is 1. The summed E-state index contributed by atoms with van der Waals surface area (Å²) in [4.78, 5) is 13.3. The number of nitrogens with one attached hydrogen (secondary N) is 1. The maximum atomic E-state index is 13.3. The third-order valence-electron chi connectivity index (χ3n) is 6.82. The highest BCUT2D eigenvalue weighted by Gasteiger charge is 2.42. The predicted molar refractivity (Wildman–Crippen MR) is 115 cm³/mol. The molecule has 0 radical (unpaired) electrons. The van der Waals surface area contributed by atoms with Gasteiger partial charge in [-0.05, 0) is 56.1 Å². The molecule has 0 spiro atoms. The van der Waals surface area contributed by atoms with Crippen LogP contribution in [0.5, 0.6) is 0 Å². The van der Waals surface area contributed by atoms with Crippen molar-refractivity contribution >= 4 is 5.91 Å². The summed E-state index contributed by atoms with van der Waals surface area (Å²) in [6.45, 7) is 2.17. The van der Waals surface area contributed by atoms with Crippen molar-refractivity contribution in [3.63, 3.8) is 0 Å². The van der Waals surface area contributed by atoms with Gasteiger partial charge >= 0.3 is 0 Å². The van der Waals surface area contributed by atoms with E-state index >= 15 is 0 Å². The van der Waals surface area contributed by atoms with Crippen LogP contribution < -0.4 is 5.32 Å². The summed E-state index contributed by atoms with van der Waals surface area (Å²) in [6.07, 6.45) is 7.19. The lowest BCUT2D eigenvalue weighted by Gasteiger charge is -2.28. The molecule has 2 bridgehead atoms. The Morgan fingerprint density at radius 1 is 1.03 bits per heavy atom. The molecule has 4 heteroatoms. The minimum atomic E-state index is -0.0266. The SMILES string of the molecule is C[C@H](NC(=O)c1cn(-c2ccccc2)nc1-c1ccccc1)[C@H]1C[C@H]2CC[C@H]1C2. The van der Waals surface area contributed by atoms with Gasteiger partial charge in [0.05, 0.1) is 11.3 Å². The Morgan fingerprint density at radius 2 is 1.76 bits per heavy atom. The lowest BCUT2D eigenvalue weighted by atomic mass is 9.84. The average Bonchev–Trinajstić information content (AvgIpc) is 3.50.